The van der Waals surface area contributed by atoms with E-state index in [1.165, 1.54) is 13.4 Å². The fraction of sp³-hybridized carbons (Fsp3) is 0.538. The smallest absolute Gasteiger partial charge is 0.341 e. The van der Waals surface area contributed by atoms with Gasteiger partial charge in [0.25, 0.3) is 0 Å². The van der Waals surface area contributed by atoms with Crippen LogP contribution in [0.3, 0.4) is 0 Å². The molecular weight excluding hydrogens is 553 g/mol. The summed E-state index contributed by atoms with van der Waals surface area (Å²) in [6.07, 6.45) is 0.650. The Hall–Kier alpha value is -3.13. The molecule has 15 heteroatoms. The molecule has 0 bridgehead atoms. The Morgan fingerprint density at radius 1 is 1.29 bits per heavy atom. The molecule has 3 heterocycles. The van der Waals surface area contributed by atoms with E-state index in [-0.39, 0.29) is 25.0 Å². The second-order valence-electron chi connectivity index (χ2n) is 9.88. The molecule has 0 aliphatic carbocycles. The largest absolute Gasteiger partial charge is 0.479 e. The van der Waals surface area contributed by atoms with Crippen molar-refractivity contribution in [3.05, 3.63) is 42.2 Å². The number of rotatable bonds is 14. The number of nitrogens with zero attached hydrogens (tertiary/aromatic N) is 4. The standard InChI is InChI=1S/C26H38N7O7P/c1-5-6-12-29-41(36,32-17(3)25(35)38-13-18-10-8-7-9-11-18)39-14-19-21(34)16(2)24(40-19)33-15-28-20-22(33)30-26(27)31-23(20)37-4/h7-11,15-17,19,21,24,34H,5-6,12-14H2,1-4H3,(H2,27,30,31)(H2,29,32,36)/t16-,17-,19+,21-,24+,41?/m0/s1. The maximum Gasteiger partial charge on any atom is 0.341 e. The van der Waals surface area contributed by atoms with Crippen molar-refractivity contribution in [2.45, 2.75) is 64.7 Å². The number of anilines is 1. The number of unbranched alkanes of at least 4 members (excludes halogenated alkanes) is 1. The van der Waals surface area contributed by atoms with Crippen molar-refractivity contribution >= 4 is 30.8 Å². The summed E-state index contributed by atoms with van der Waals surface area (Å²) in [5, 5.41) is 16.7. The third kappa shape index (κ3) is 7.39. The highest BCUT2D eigenvalue weighted by Gasteiger charge is 2.44. The van der Waals surface area contributed by atoms with Gasteiger partial charge in [0.15, 0.2) is 11.2 Å². The molecule has 5 N–H and O–H groups in total. The molecule has 2 aromatic heterocycles. The second kappa shape index (κ2) is 13.7. The quantitative estimate of drug-likeness (QED) is 0.122. The van der Waals surface area contributed by atoms with Crippen molar-refractivity contribution in [2.75, 3.05) is 26.0 Å². The maximum absolute atomic E-state index is 13.8. The van der Waals surface area contributed by atoms with Crippen LogP contribution in [0.5, 0.6) is 5.88 Å². The zero-order chi connectivity index (χ0) is 29.6. The highest BCUT2D eigenvalue weighted by atomic mass is 31.2. The summed E-state index contributed by atoms with van der Waals surface area (Å²) >= 11 is 0. The molecule has 1 unspecified atom stereocenters. The minimum absolute atomic E-state index is 0.00348. The monoisotopic (exact) mass is 591 g/mol. The highest BCUT2D eigenvalue weighted by Crippen LogP contribution is 2.42. The molecule has 1 aromatic carbocycles. The fourth-order valence-corrected chi connectivity index (χ4v) is 6.14. The van der Waals surface area contributed by atoms with E-state index in [0.29, 0.717) is 17.7 Å². The Kier molecular flexibility index (Phi) is 10.3. The van der Waals surface area contributed by atoms with Gasteiger partial charge >= 0.3 is 13.6 Å². The number of hydrogen-bond donors (Lipinski definition) is 4. The van der Waals surface area contributed by atoms with E-state index in [1.54, 1.807) is 11.5 Å². The second-order valence-corrected chi connectivity index (χ2v) is 11.8. The van der Waals surface area contributed by atoms with E-state index in [0.717, 1.165) is 18.4 Å². The zero-order valence-electron chi connectivity index (χ0n) is 23.6. The van der Waals surface area contributed by atoms with Gasteiger partial charge in [-0.05, 0) is 18.9 Å². The average molecular weight is 592 g/mol. The maximum atomic E-state index is 13.8. The van der Waals surface area contributed by atoms with Crippen LogP contribution in [0.25, 0.3) is 11.2 Å². The number of aliphatic hydroxyl groups excluding tert-OH is 1. The zero-order valence-corrected chi connectivity index (χ0v) is 24.5. The van der Waals surface area contributed by atoms with Gasteiger partial charge in [0.2, 0.25) is 11.8 Å². The van der Waals surface area contributed by atoms with Crippen LogP contribution in [-0.2, 0) is 30.0 Å². The lowest BCUT2D eigenvalue weighted by molar-refractivity contribution is -0.146. The van der Waals surface area contributed by atoms with E-state index >= 15 is 0 Å². The van der Waals surface area contributed by atoms with Crippen molar-refractivity contribution in [1.82, 2.24) is 29.7 Å². The number of carbonyl (C=O) groups is 1. The molecule has 0 saturated carbocycles. The lowest BCUT2D eigenvalue weighted by atomic mass is 10.0. The van der Waals surface area contributed by atoms with E-state index in [9.17, 15) is 14.5 Å². The number of aromatic nitrogens is 4. The molecule has 0 radical (unpaired) electrons. The average Bonchev–Trinajstić information content (AvgIpc) is 3.50. The van der Waals surface area contributed by atoms with Crippen LogP contribution in [0.15, 0.2) is 36.7 Å². The Bertz CT molecular complexity index is 1360. The van der Waals surface area contributed by atoms with Crippen molar-refractivity contribution in [3.8, 4) is 5.88 Å². The summed E-state index contributed by atoms with van der Waals surface area (Å²) in [6.45, 7) is 5.63. The van der Waals surface area contributed by atoms with Crippen molar-refractivity contribution in [1.29, 1.82) is 0 Å². The molecule has 6 atom stereocenters. The minimum Gasteiger partial charge on any atom is -0.479 e. The fourth-order valence-electron chi connectivity index (χ4n) is 4.45. The molecule has 0 spiro atoms. The third-order valence-electron chi connectivity index (χ3n) is 6.77. The Morgan fingerprint density at radius 3 is 2.76 bits per heavy atom. The predicted octanol–water partition coefficient (Wildman–Crippen LogP) is 2.55. The summed E-state index contributed by atoms with van der Waals surface area (Å²) in [7, 11) is -2.30. The van der Waals surface area contributed by atoms with Gasteiger partial charge in [0.1, 0.15) is 25.0 Å². The van der Waals surface area contributed by atoms with Gasteiger partial charge in [0, 0.05) is 12.5 Å². The number of esters is 1. The first-order chi connectivity index (χ1) is 19.7. The molecular formula is C26H38N7O7P. The summed E-state index contributed by atoms with van der Waals surface area (Å²) in [6, 6.07) is 8.33. The first-order valence-corrected chi connectivity index (χ1v) is 15.1. The van der Waals surface area contributed by atoms with Gasteiger partial charge in [0.05, 0.1) is 26.1 Å². The van der Waals surface area contributed by atoms with Crippen LogP contribution in [0.1, 0.15) is 45.4 Å². The van der Waals surface area contributed by atoms with Crippen LogP contribution in [0.2, 0.25) is 0 Å². The van der Waals surface area contributed by atoms with Gasteiger partial charge in [-0.25, -0.2) is 15.2 Å². The molecule has 1 aliphatic heterocycles. The van der Waals surface area contributed by atoms with Crippen molar-refractivity contribution in [2.24, 2.45) is 5.92 Å². The molecule has 1 fully saturated rings. The van der Waals surface area contributed by atoms with Crippen molar-refractivity contribution < 1.29 is 33.2 Å². The molecule has 0 amide bonds. The summed E-state index contributed by atoms with van der Waals surface area (Å²) in [5.74, 6) is -0.761. The lowest BCUT2D eigenvalue weighted by Gasteiger charge is -2.25. The Balaban J connectivity index is 1.42. The normalized spacial score (nSPS) is 22.9. The third-order valence-corrected chi connectivity index (χ3v) is 8.65. The Labute approximate surface area is 238 Å². The van der Waals surface area contributed by atoms with Crippen LogP contribution in [0.4, 0.5) is 5.95 Å². The number of hydrogen-bond acceptors (Lipinski definition) is 11. The molecule has 14 nitrogen and oxygen atoms in total. The van der Waals surface area contributed by atoms with Crippen LogP contribution in [0, 0.1) is 5.92 Å². The van der Waals surface area contributed by atoms with Crippen LogP contribution in [-0.4, -0.2) is 69.1 Å². The number of aliphatic hydroxyl groups is 1. The number of methoxy groups -OCH3 is 1. The topological polar surface area (TPSA) is 185 Å². The Morgan fingerprint density at radius 2 is 2.05 bits per heavy atom. The number of carbonyl (C=O) groups excluding carboxylic acids is 1. The number of ether oxygens (including phenoxy) is 3. The number of imidazole rings is 1. The number of nitrogens with one attached hydrogen (secondary N) is 2. The van der Waals surface area contributed by atoms with E-state index in [2.05, 4.69) is 25.1 Å². The first kappa shape index (κ1) is 30.8. The lowest BCUT2D eigenvalue weighted by Crippen LogP contribution is -2.39. The van der Waals surface area contributed by atoms with Crippen LogP contribution >= 0.6 is 7.67 Å². The highest BCUT2D eigenvalue weighted by molar-refractivity contribution is 7.54. The van der Waals surface area contributed by atoms with Gasteiger partial charge in [-0.2, -0.15) is 9.97 Å². The van der Waals surface area contributed by atoms with E-state index < -0.39 is 44.0 Å². The molecule has 1 saturated heterocycles. The van der Waals surface area contributed by atoms with Gasteiger partial charge in [-0.1, -0.05) is 50.6 Å². The molecule has 3 aromatic rings. The molecule has 41 heavy (non-hydrogen) atoms. The molecule has 1 aliphatic rings. The van der Waals surface area contributed by atoms with E-state index in [1.807, 2.05) is 44.2 Å². The summed E-state index contributed by atoms with van der Waals surface area (Å²) in [4.78, 5) is 25.3. The van der Waals surface area contributed by atoms with E-state index in [4.69, 9.17) is 24.5 Å². The number of benzene rings is 1. The molecule has 224 valence electrons. The van der Waals surface area contributed by atoms with Crippen LogP contribution < -0.4 is 20.6 Å². The van der Waals surface area contributed by atoms with Gasteiger partial charge in [-0.15, -0.1) is 0 Å². The SMILES string of the molecule is CCCCNP(=O)(N[C@@H](C)C(=O)OCc1ccccc1)OC[C@H]1O[C@@H](n2cnc3c(OC)nc(N)nc32)[C@@H](C)[C@@H]1O. The number of nitrogen functional groups attached to an aromatic ring is 1. The summed E-state index contributed by atoms with van der Waals surface area (Å²) in [5.41, 5.74) is 7.46. The minimum atomic E-state index is -3.75. The van der Waals surface area contributed by atoms with Gasteiger partial charge < -0.3 is 29.6 Å². The number of fused-ring (bicyclic) bond motifs is 1. The first-order valence-electron chi connectivity index (χ1n) is 13.5. The predicted molar refractivity (Wildman–Crippen MR) is 151 cm³/mol. The molecule has 4 rings (SSSR count). The summed E-state index contributed by atoms with van der Waals surface area (Å²) < 4.78 is 38.0. The van der Waals surface area contributed by atoms with Gasteiger partial charge in [-0.3, -0.25) is 13.9 Å². The number of nitrogens with two attached hydrogens (primary N) is 1. The van der Waals surface area contributed by atoms with Crippen molar-refractivity contribution in [3.63, 3.8) is 0 Å².